The summed E-state index contributed by atoms with van der Waals surface area (Å²) in [7, 11) is 4.75. The highest BCUT2D eigenvalue weighted by Crippen LogP contribution is 2.28. The first-order valence-electron chi connectivity index (χ1n) is 10.0. The Bertz CT molecular complexity index is 869. The van der Waals surface area contributed by atoms with Crippen molar-refractivity contribution in [2.45, 2.75) is 6.54 Å². The maximum absolute atomic E-state index is 13.6. The summed E-state index contributed by atoms with van der Waals surface area (Å²) in [6, 6.07) is 9.93. The third-order valence-electron chi connectivity index (χ3n) is 5.44. The molecule has 162 valence electrons. The number of carbonyl (C=O) groups is 1. The van der Waals surface area contributed by atoms with Gasteiger partial charge in [-0.2, -0.15) is 0 Å². The monoisotopic (exact) mass is 419 g/mol. The number of ether oxygens (including phenoxy) is 3. The van der Waals surface area contributed by atoms with E-state index in [0.29, 0.717) is 36.0 Å². The molecule has 3 rings (SSSR count). The molecule has 0 radical (unpaired) electrons. The Balaban J connectivity index is 1.50. The molecule has 1 saturated heterocycles. The highest BCUT2D eigenvalue weighted by atomic mass is 19.1. The van der Waals surface area contributed by atoms with Gasteiger partial charge in [0.1, 0.15) is 55.8 Å². The van der Waals surface area contributed by atoms with E-state index in [-0.39, 0.29) is 11.7 Å². The number of amides is 1. The van der Waals surface area contributed by atoms with Gasteiger partial charge in [-0.25, -0.2) is 4.39 Å². The van der Waals surface area contributed by atoms with Crippen LogP contribution in [0.2, 0.25) is 0 Å². The van der Waals surface area contributed by atoms with Gasteiger partial charge in [-0.05, 0) is 30.3 Å². The van der Waals surface area contributed by atoms with Crippen molar-refractivity contribution in [3.63, 3.8) is 0 Å². The molecule has 1 aliphatic rings. The van der Waals surface area contributed by atoms with Crippen LogP contribution in [0.15, 0.2) is 36.4 Å². The van der Waals surface area contributed by atoms with Crippen LogP contribution in [-0.4, -0.2) is 60.0 Å². The summed E-state index contributed by atoms with van der Waals surface area (Å²) >= 11 is 0. The molecular weight excluding hydrogens is 389 g/mol. The molecule has 1 fully saturated rings. The zero-order valence-corrected chi connectivity index (χ0v) is 17.7. The molecule has 8 heteroatoms. The molecule has 0 saturated carbocycles. The van der Waals surface area contributed by atoms with E-state index < -0.39 is 0 Å². The number of rotatable bonds is 8. The first-order chi connectivity index (χ1) is 14.5. The van der Waals surface area contributed by atoms with Gasteiger partial charge in [0, 0.05) is 6.07 Å². The van der Waals surface area contributed by atoms with Crippen LogP contribution < -0.4 is 29.3 Å². The molecule has 0 aliphatic carbocycles. The summed E-state index contributed by atoms with van der Waals surface area (Å²) in [5, 5.41) is 2.93. The molecule has 0 unspecified atom stereocenters. The smallest absolute Gasteiger partial charge is 0.279 e. The zero-order chi connectivity index (χ0) is 21.5. The van der Waals surface area contributed by atoms with Gasteiger partial charge in [-0.3, -0.25) is 4.79 Å². The predicted octanol–water partition coefficient (Wildman–Crippen LogP) is -0.226. The summed E-state index contributed by atoms with van der Waals surface area (Å²) in [6.45, 7) is 4.68. The highest BCUT2D eigenvalue weighted by Gasteiger charge is 2.26. The number of nitrogens with one attached hydrogen (secondary N) is 3. The first-order valence-corrected chi connectivity index (χ1v) is 10.0. The average Bonchev–Trinajstić information content (AvgIpc) is 2.75. The second-order valence-corrected chi connectivity index (χ2v) is 7.42. The van der Waals surface area contributed by atoms with Crippen molar-refractivity contribution in [2.75, 3.05) is 59.4 Å². The Kier molecular flexibility index (Phi) is 7.48. The number of piperazine rings is 1. The molecule has 2 aromatic rings. The van der Waals surface area contributed by atoms with E-state index in [1.54, 1.807) is 51.7 Å². The lowest BCUT2D eigenvalue weighted by atomic mass is 10.1. The quantitative estimate of drug-likeness (QED) is 0.553. The second kappa shape index (κ2) is 10.3. The van der Waals surface area contributed by atoms with Crippen LogP contribution in [0.25, 0.3) is 0 Å². The topological polar surface area (TPSA) is 65.7 Å². The SMILES string of the molecule is COc1ccc(NC(=O)C[NH+]2CC[NH+](Cc3cc(F)ccc3OC)CC2)c(OC)c1. The van der Waals surface area contributed by atoms with Gasteiger partial charge >= 0.3 is 0 Å². The van der Waals surface area contributed by atoms with Crippen molar-refractivity contribution < 1.29 is 33.2 Å². The van der Waals surface area contributed by atoms with Crippen molar-refractivity contribution in [3.8, 4) is 17.2 Å². The van der Waals surface area contributed by atoms with Crippen molar-refractivity contribution in [1.29, 1.82) is 0 Å². The number of carbonyl (C=O) groups excluding carboxylic acids is 1. The lowest BCUT2D eigenvalue weighted by Crippen LogP contribution is -3.28. The van der Waals surface area contributed by atoms with E-state index in [4.69, 9.17) is 14.2 Å². The van der Waals surface area contributed by atoms with E-state index in [1.807, 2.05) is 0 Å². The lowest BCUT2D eigenvalue weighted by Gasteiger charge is -2.29. The number of quaternary nitrogens is 2. The van der Waals surface area contributed by atoms with Crippen LogP contribution in [0.1, 0.15) is 5.56 Å². The largest absolute Gasteiger partial charge is 0.497 e. The van der Waals surface area contributed by atoms with Crippen LogP contribution in [0.3, 0.4) is 0 Å². The molecule has 0 aromatic heterocycles. The van der Waals surface area contributed by atoms with Crippen molar-refractivity contribution >= 4 is 11.6 Å². The first kappa shape index (κ1) is 21.9. The molecule has 2 aromatic carbocycles. The van der Waals surface area contributed by atoms with Crippen LogP contribution >= 0.6 is 0 Å². The minimum absolute atomic E-state index is 0.0521. The minimum Gasteiger partial charge on any atom is -0.497 e. The van der Waals surface area contributed by atoms with Crippen molar-refractivity contribution in [1.82, 2.24) is 0 Å². The summed E-state index contributed by atoms with van der Waals surface area (Å²) in [4.78, 5) is 15.1. The van der Waals surface area contributed by atoms with E-state index in [2.05, 4.69) is 5.32 Å². The Morgan fingerprint density at radius 3 is 2.30 bits per heavy atom. The number of anilines is 1. The fourth-order valence-corrected chi connectivity index (χ4v) is 3.79. The summed E-state index contributed by atoms with van der Waals surface area (Å²) in [5.74, 6) is 1.65. The van der Waals surface area contributed by atoms with Gasteiger partial charge in [0.05, 0.1) is 32.6 Å². The molecule has 30 heavy (non-hydrogen) atoms. The molecule has 1 aliphatic heterocycles. The molecule has 3 N–H and O–H groups in total. The fourth-order valence-electron chi connectivity index (χ4n) is 3.79. The minimum atomic E-state index is -0.250. The van der Waals surface area contributed by atoms with Crippen molar-refractivity contribution in [2.24, 2.45) is 0 Å². The Morgan fingerprint density at radius 2 is 1.63 bits per heavy atom. The average molecular weight is 419 g/mol. The van der Waals surface area contributed by atoms with Crippen LogP contribution in [-0.2, 0) is 11.3 Å². The third-order valence-corrected chi connectivity index (χ3v) is 5.44. The standard InChI is InChI=1S/C22H28FN3O4/c1-28-18-5-6-19(21(13-18)30-3)24-22(27)15-26-10-8-25(9-11-26)14-16-12-17(23)4-7-20(16)29-2/h4-7,12-13H,8-11,14-15H2,1-3H3,(H,24,27)/p+2. The van der Waals surface area contributed by atoms with Gasteiger partial charge in [-0.1, -0.05) is 0 Å². The summed E-state index contributed by atoms with van der Waals surface area (Å²) < 4.78 is 29.5. The van der Waals surface area contributed by atoms with E-state index in [1.165, 1.54) is 15.9 Å². The van der Waals surface area contributed by atoms with Gasteiger partial charge in [-0.15, -0.1) is 0 Å². The van der Waals surface area contributed by atoms with Gasteiger partial charge < -0.3 is 29.3 Å². The van der Waals surface area contributed by atoms with Crippen LogP contribution in [0, 0.1) is 5.82 Å². The van der Waals surface area contributed by atoms with Gasteiger partial charge in [0.2, 0.25) is 0 Å². The maximum atomic E-state index is 13.6. The number of methoxy groups -OCH3 is 3. The molecule has 7 nitrogen and oxygen atoms in total. The molecule has 0 atom stereocenters. The number of hydrogen-bond donors (Lipinski definition) is 3. The molecule has 1 amide bonds. The molecule has 1 heterocycles. The Morgan fingerprint density at radius 1 is 0.933 bits per heavy atom. The van der Waals surface area contributed by atoms with Gasteiger partial charge in [0.25, 0.3) is 5.91 Å². The van der Waals surface area contributed by atoms with E-state index in [0.717, 1.165) is 31.7 Å². The maximum Gasteiger partial charge on any atom is 0.279 e. The predicted molar refractivity (Wildman–Crippen MR) is 111 cm³/mol. The Hall–Kier alpha value is -2.84. The Labute approximate surface area is 176 Å². The second-order valence-electron chi connectivity index (χ2n) is 7.42. The molecular formula is C22H30FN3O4+2. The van der Waals surface area contributed by atoms with E-state index >= 15 is 0 Å². The van der Waals surface area contributed by atoms with Crippen molar-refractivity contribution in [3.05, 3.63) is 47.8 Å². The van der Waals surface area contributed by atoms with Crippen LogP contribution in [0.5, 0.6) is 17.2 Å². The molecule has 0 bridgehead atoms. The number of halogens is 1. The number of hydrogen-bond acceptors (Lipinski definition) is 4. The summed E-state index contributed by atoms with van der Waals surface area (Å²) in [5.41, 5.74) is 1.51. The fraction of sp³-hybridized carbons (Fsp3) is 0.409. The summed E-state index contributed by atoms with van der Waals surface area (Å²) in [6.07, 6.45) is 0. The third kappa shape index (κ3) is 5.61. The van der Waals surface area contributed by atoms with Gasteiger partial charge in [0.15, 0.2) is 6.54 Å². The highest BCUT2D eigenvalue weighted by molar-refractivity contribution is 5.93. The lowest BCUT2D eigenvalue weighted by molar-refractivity contribution is -1.02. The zero-order valence-electron chi connectivity index (χ0n) is 17.7. The molecule has 0 spiro atoms. The van der Waals surface area contributed by atoms with E-state index in [9.17, 15) is 9.18 Å². The normalized spacial score (nSPS) is 18.5. The van der Waals surface area contributed by atoms with Crippen LogP contribution in [0.4, 0.5) is 10.1 Å². The number of benzene rings is 2.